The van der Waals surface area contributed by atoms with Gasteiger partial charge in [0.1, 0.15) is 5.69 Å². The number of ether oxygens (including phenoxy) is 1. The van der Waals surface area contributed by atoms with E-state index >= 15 is 0 Å². The van der Waals surface area contributed by atoms with E-state index in [1.807, 2.05) is 0 Å². The number of nitrogens with one attached hydrogen (secondary N) is 1. The number of fused-ring (bicyclic) bond motifs is 1. The summed E-state index contributed by atoms with van der Waals surface area (Å²) in [4.78, 5) is 15.0. The first-order valence-electron chi connectivity index (χ1n) is 7.37. The van der Waals surface area contributed by atoms with Gasteiger partial charge >= 0.3 is 12.1 Å². The molecule has 0 spiro atoms. The average molecular weight is 333 g/mol. The summed E-state index contributed by atoms with van der Waals surface area (Å²) >= 11 is 0. The molecule has 0 saturated heterocycles. The minimum absolute atomic E-state index is 0.213. The van der Waals surface area contributed by atoms with Crippen molar-refractivity contribution < 1.29 is 22.7 Å². The zero-order valence-electron chi connectivity index (χ0n) is 12.8. The molecule has 0 amide bonds. The van der Waals surface area contributed by atoms with E-state index in [0.29, 0.717) is 22.0 Å². The number of rotatable bonds is 3. The van der Waals surface area contributed by atoms with E-state index in [0.717, 1.165) is 12.1 Å². The zero-order chi connectivity index (χ0) is 17.3. The van der Waals surface area contributed by atoms with E-state index in [4.69, 9.17) is 4.74 Å². The smallest absolute Gasteiger partial charge is 0.416 e. The first-order valence-corrected chi connectivity index (χ1v) is 7.37. The normalized spacial score (nSPS) is 11.7. The number of hydrogen-bond donors (Lipinski definition) is 1. The monoisotopic (exact) mass is 333 g/mol. The van der Waals surface area contributed by atoms with E-state index in [9.17, 15) is 18.0 Å². The largest absolute Gasteiger partial charge is 0.461 e. The molecule has 24 heavy (non-hydrogen) atoms. The van der Waals surface area contributed by atoms with Crippen LogP contribution in [0.15, 0.2) is 48.5 Å². The van der Waals surface area contributed by atoms with Gasteiger partial charge in [-0.3, -0.25) is 0 Å². The molecule has 0 unspecified atom stereocenters. The number of alkyl halides is 3. The molecule has 3 nitrogen and oxygen atoms in total. The molecule has 0 bridgehead atoms. The quantitative estimate of drug-likeness (QED) is 0.683. The summed E-state index contributed by atoms with van der Waals surface area (Å²) in [7, 11) is 0. The highest BCUT2D eigenvalue weighted by molar-refractivity contribution is 6.08. The molecule has 2 aromatic carbocycles. The summed E-state index contributed by atoms with van der Waals surface area (Å²) in [5.41, 5.74) is 0.313. The summed E-state index contributed by atoms with van der Waals surface area (Å²) in [6.45, 7) is 1.90. The van der Waals surface area contributed by atoms with Crippen molar-refractivity contribution in [2.24, 2.45) is 0 Å². The molecular weight excluding hydrogens is 319 g/mol. The summed E-state index contributed by atoms with van der Waals surface area (Å²) in [6.07, 6.45) is -4.43. The van der Waals surface area contributed by atoms with E-state index in [1.165, 1.54) is 6.07 Å². The third kappa shape index (κ3) is 2.87. The molecule has 0 aliphatic rings. The van der Waals surface area contributed by atoms with Crippen molar-refractivity contribution in [3.63, 3.8) is 0 Å². The number of benzene rings is 2. The predicted molar refractivity (Wildman–Crippen MR) is 84.7 cm³/mol. The number of carbonyl (C=O) groups is 1. The predicted octanol–water partition coefficient (Wildman–Crippen LogP) is 5.03. The molecule has 0 atom stereocenters. The number of carbonyl (C=O) groups excluding carboxylic acids is 1. The maximum atomic E-state index is 12.9. The van der Waals surface area contributed by atoms with Crippen LogP contribution in [0, 0.1) is 0 Å². The van der Waals surface area contributed by atoms with Gasteiger partial charge in [0, 0.05) is 10.8 Å². The van der Waals surface area contributed by atoms with Crippen LogP contribution in [0.3, 0.4) is 0 Å². The minimum Gasteiger partial charge on any atom is -0.461 e. The van der Waals surface area contributed by atoms with Crippen LogP contribution >= 0.6 is 0 Å². The first-order chi connectivity index (χ1) is 11.4. The summed E-state index contributed by atoms with van der Waals surface area (Å²) in [5.74, 6) is -0.535. The lowest BCUT2D eigenvalue weighted by molar-refractivity contribution is -0.137. The van der Waals surface area contributed by atoms with Crippen LogP contribution in [0.25, 0.3) is 22.0 Å². The zero-order valence-corrected chi connectivity index (χ0v) is 12.8. The standard InChI is InChI=1S/C18H14F3NO2/c1-2-24-17(23)16-14-9-4-3-8-13(14)15(22-16)11-6-5-7-12(10-11)18(19,20)21/h3-10,22H,2H2,1H3. The van der Waals surface area contributed by atoms with Crippen LogP contribution in [0.4, 0.5) is 13.2 Å². The topological polar surface area (TPSA) is 42.1 Å². The highest BCUT2D eigenvalue weighted by Crippen LogP contribution is 2.35. The van der Waals surface area contributed by atoms with Crippen LogP contribution in [-0.2, 0) is 10.9 Å². The highest BCUT2D eigenvalue weighted by atomic mass is 19.4. The minimum atomic E-state index is -4.43. The second kappa shape index (κ2) is 6.03. The number of H-pyrrole nitrogens is 1. The average Bonchev–Trinajstić information content (AvgIpc) is 2.94. The Morgan fingerprint density at radius 3 is 2.46 bits per heavy atom. The summed E-state index contributed by atoms with van der Waals surface area (Å²) in [6, 6.07) is 12.0. The Kier molecular flexibility index (Phi) is 4.05. The van der Waals surface area contributed by atoms with Gasteiger partial charge in [-0.25, -0.2) is 4.79 Å². The molecule has 124 valence electrons. The van der Waals surface area contributed by atoms with Crippen molar-refractivity contribution in [2.75, 3.05) is 6.61 Å². The maximum absolute atomic E-state index is 12.9. The molecular formula is C18H14F3NO2. The molecule has 1 aromatic heterocycles. The van der Waals surface area contributed by atoms with Gasteiger partial charge in [-0.2, -0.15) is 13.2 Å². The third-order valence-electron chi connectivity index (χ3n) is 3.67. The van der Waals surface area contributed by atoms with Crippen LogP contribution < -0.4 is 0 Å². The highest BCUT2D eigenvalue weighted by Gasteiger charge is 2.30. The number of aromatic nitrogens is 1. The Balaban J connectivity index is 2.19. The lowest BCUT2D eigenvalue weighted by Crippen LogP contribution is -2.05. The van der Waals surface area contributed by atoms with Crippen molar-refractivity contribution >= 4 is 16.7 Å². The fraction of sp³-hybridized carbons (Fsp3) is 0.167. The van der Waals surface area contributed by atoms with Gasteiger partial charge in [-0.1, -0.05) is 36.4 Å². The second-order valence-corrected chi connectivity index (χ2v) is 5.22. The van der Waals surface area contributed by atoms with E-state index in [2.05, 4.69) is 4.98 Å². The van der Waals surface area contributed by atoms with Gasteiger partial charge in [0.05, 0.1) is 17.9 Å². The van der Waals surface area contributed by atoms with Crippen LogP contribution in [-0.4, -0.2) is 17.6 Å². The van der Waals surface area contributed by atoms with Crippen LogP contribution in [0.5, 0.6) is 0 Å². The van der Waals surface area contributed by atoms with Crippen molar-refractivity contribution in [3.05, 3.63) is 59.8 Å². The van der Waals surface area contributed by atoms with Crippen LogP contribution in [0.1, 0.15) is 23.0 Å². The lowest BCUT2D eigenvalue weighted by Gasteiger charge is -2.08. The van der Waals surface area contributed by atoms with Crippen molar-refractivity contribution in [2.45, 2.75) is 13.1 Å². The summed E-state index contributed by atoms with van der Waals surface area (Å²) in [5, 5.41) is 1.28. The molecule has 0 aliphatic heterocycles. The van der Waals surface area contributed by atoms with Gasteiger partial charge in [-0.05, 0) is 24.6 Å². The lowest BCUT2D eigenvalue weighted by atomic mass is 10.0. The Bertz CT molecular complexity index is 897. The number of aromatic amines is 1. The first kappa shape index (κ1) is 16.1. The Morgan fingerprint density at radius 2 is 1.79 bits per heavy atom. The second-order valence-electron chi connectivity index (χ2n) is 5.22. The van der Waals surface area contributed by atoms with Gasteiger partial charge < -0.3 is 9.72 Å². The molecule has 3 rings (SSSR count). The van der Waals surface area contributed by atoms with Crippen LogP contribution in [0.2, 0.25) is 0 Å². The van der Waals surface area contributed by atoms with E-state index in [1.54, 1.807) is 37.3 Å². The molecule has 0 fully saturated rings. The van der Waals surface area contributed by atoms with Crippen molar-refractivity contribution in [1.29, 1.82) is 0 Å². The molecule has 1 N–H and O–H groups in total. The molecule has 0 radical (unpaired) electrons. The van der Waals surface area contributed by atoms with Crippen molar-refractivity contribution in [3.8, 4) is 11.3 Å². The van der Waals surface area contributed by atoms with E-state index in [-0.39, 0.29) is 12.3 Å². The number of hydrogen-bond acceptors (Lipinski definition) is 2. The summed E-state index contributed by atoms with van der Waals surface area (Å²) < 4.78 is 43.9. The molecule has 0 aliphatic carbocycles. The fourth-order valence-electron chi connectivity index (χ4n) is 2.62. The molecule has 0 saturated carbocycles. The Labute approximate surface area is 136 Å². The van der Waals surface area contributed by atoms with Gasteiger partial charge in [-0.15, -0.1) is 0 Å². The molecule has 1 heterocycles. The number of esters is 1. The fourth-order valence-corrected chi connectivity index (χ4v) is 2.62. The van der Waals surface area contributed by atoms with E-state index < -0.39 is 17.7 Å². The Morgan fingerprint density at radius 1 is 1.08 bits per heavy atom. The van der Waals surface area contributed by atoms with Gasteiger partial charge in [0.15, 0.2) is 0 Å². The van der Waals surface area contributed by atoms with Gasteiger partial charge in [0.2, 0.25) is 0 Å². The Hall–Kier alpha value is -2.76. The van der Waals surface area contributed by atoms with Gasteiger partial charge in [0.25, 0.3) is 0 Å². The molecule has 6 heteroatoms. The number of halogens is 3. The maximum Gasteiger partial charge on any atom is 0.416 e. The molecule has 3 aromatic rings. The van der Waals surface area contributed by atoms with Crippen molar-refractivity contribution in [1.82, 2.24) is 4.98 Å². The third-order valence-corrected chi connectivity index (χ3v) is 3.67. The SMILES string of the molecule is CCOC(=O)c1[nH]c(-c2cccc(C(F)(F)F)c2)c2ccccc12.